The molecule has 0 aromatic heterocycles. The fraction of sp³-hybridized carbons (Fsp3) is 0.529. The van der Waals surface area contributed by atoms with E-state index in [0.717, 1.165) is 6.42 Å². The Morgan fingerprint density at radius 2 is 2.28 bits per heavy atom. The lowest BCUT2D eigenvalue weighted by atomic mass is 9.89. The number of halogens is 1. The predicted octanol–water partition coefficient (Wildman–Crippen LogP) is 3.22. The van der Waals surface area contributed by atoms with Crippen LogP contribution in [-0.4, -0.2) is 29.2 Å². The third-order valence-electron chi connectivity index (χ3n) is 4.01. The summed E-state index contributed by atoms with van der Waals surface area (Å²) in [5, 5.41) is 2.99. The number of amidine groups is 1. The molecule has 2 aliphatic heterocycles. The number of thioether (sulfide) groups is 1. The topological polar surface area (TPSA) is 85.9 Å². The molecule has 1 amide bonds. The molecule has 1 saturated heterocycles. The second kappa shape index (κ2) is 6.49. The van der Waals surface area contributed by atoms with E-state index >= 15 is 0 Å². The number of hydrogen-bond acceptors (Lipinski definition) is 6. The molecule has 0 bridgehead atoms. The molecule has 0 saturated carbocycles. The number of alkyl carbamates (subject to hydrolysis) is 1. The zero-order chi connectivity index (χ0) is 18.2. The lowest BCUT2D eigenvalue weighted by molar-refractivity contribution is -0.0173. The number of ether oxygens (including phenoxy) is 2. The van der Waals surface area contributed by atoms with Crippen molar-refractivity contribution in [3.8, 4) is 0 Å². The number of aliphatic imine (C=N–C) groups is 1. The van der Waals surface area contributed by atoms with Crippen molar-refractivity contribution in [2.45, 2.75) is 38.5 Å². The lowest BCUT2D eigenvalue weighted by Crippen LogP contribution is -2.42. The fourth-order valence-electron chi connectivity index (χ4n) is 2.98. The molecule has 2 heterocycles. The van der Waals surface area contributed by atoms with Crippen LogP contribution in [0.3, 0.4) is 0 Å². The number of amides is 1. The minimum Gasteiger partial charge on any atom is -0.444 e. The van der Waals surface area contributed by atoms with Gasteiger partial charge in [-0.2, -0.15) is 0 Å². The Morgan fingerprint density at radius 1 is 1.52 bits per heavy atom. The van der Waals surface area contributed by atoms with Crippen molar-refractivity contribution >= 4 is 28.7 Å². The molecule has 1 aromatic rings. The number of nitrogen functional groups attached to an aromatic ring is 1. The molecule has 2 aliphatic rings. The van der Waals surface area contributed by atoms with E-state index in [-0.39, 0.29) is 5.92 Å². The summed E-state index contributed by atoms with van der Waals surface area (Å²) in [6.45, 7) is 5.81. The SMILES string of the molecule is CC(C)(C)OC(=O)NC1=N[C@@]2(c3cc(N)ccc3F)OCCC2CS1. The molecule has 6 nitrogen and oxygen atoms in total. The molecular formula is C17H22FN3O3S. The van der Waals surface area contributed by atoms with Gasteiger partial charge >= 0.3 is 6.09 Å². The van der Waals surface area contributed by atoms with E-state index < -0.39 is 23.2 Å². The van der Waals surface area contributed by atoms with Gasteiger partial charge in [0.2, 0.25) is 0 Å². The van der Waals surface area contributed by atoms with Gasteiger partial charge in [-0.15, -0.1) is 0 Å². The molecule has 136 valence electrons. The number of hydrogen-bond donors (Lipinski definition) is 2. The summed E-state index contributed by atoms with van der Waals surface area (Å²) in [5.74, 6) is 0.245. The van der Waals surface area contributed by atoms with E-state index in [1.807, 2.05) is 0 Å². The van der Waals surface area contributed by atoms with Gasteiger partial charge in [0, 0.05) is 22.9 Å². The van der Waals surface area contributed by atoms with E-state index in [1.54, 1.807) is 26.8 Å². The zero-order valence-electron chi connectivity index (χ0n) is 14.5. The van der Waals surface area contributed by atoms with Crippen LogP contribution in [-0.2, 0) is 15.2 Å². The smallest absolute Gasteiger partial charge is 0.413 e. The Balaban J connectivity index is 1.93. The van der Waals surface area contributed by atoms with Gasteiger partial charge in [0.05, 0.1) is 6.61 Å². The second-order valence-corrected chi connectivity index (χ2v) is 8.13. The van der Waals surface area contributed by atoms with Crippen molar-refractivity contribution in [1.29, 1.82) is 0 Å². The van der Waals surface area contributed by atoms with Crippen LogP contribution in [0.5, 0.6) is 0 Å². The summed E-state index contributed by atoms with van der Waals surface area (Å²) in [6.07, 6.45) is 0.170. The minimum absolute atomic E-state index is 0.0120. The molecule has 0 radical (unpaired) electrons. The zero-order valence-corrected chi connectivity index (χ0v) is 15.3. The highest BCUT2D eigenvalue weighted by atomic mass is 32.2. The molecule has 0 spiro atoms. The second-order valence-electron chi connectivity index (χ2n) is 7.12. The average molecular weight is 367 g/mol. The van der Waals surface area contributed by atoms with Crippen molar-refractivity contribution < 1.29 is 18.7 Å². The first-order valence-corrected chi connectivity index (χ1v) is 9.10. The molecule has 25 heavy (non-hydrogen) atoms. The Morgan fingerprint density at radius 3 is 3.00 bits per heavy atom. The van der Waals surface area contributed by atoms with Gasteiger partial charge in [-0.25, -0.2) is 14.2 Å². The maximum atomic E-state index is 14.5. The third kappa shape index (κ3) is 3.74. The fourth-order valence-corrected chi connectivity index (χ4v) is 4.09. The maximum Gasteiger partial charge on any atom is 0.413 e. The molecule has 1 unspecified atom stereocenters. The van der Waals surface area contributed by atoms with Gasteiger partial charge in [0.15, 0.2) is 10.9 Å². The number of rotatable bonds is 1. The number of carbonyl (C=O) groups is 1. The number of carbonyl (C=O) groups excluding carboxylic acids is 1. The molecule has 3 rings (SSSR count). The lowest BCUT2D eigenvalue weighted by Gasteiger charge is -2.35. The number of nitrogens with one attached hydrogen (secondary N) is 1. The Hall–Kier alpha value is -1.80. The van der Waals surface area contributed by atoms with E-state index in [2.05, 4.69) is 10.3 Å². The molecule has 3 N–H and O–H groups in total. The normalized spacial score (nSPS) is 25.9. The highest BCUT2D eigenvalue weighted by Gasteiger charge is 2.50. The van der Waals surface area contributed by atoms with Crippen LogP contribution in [0.1, 0.15) is 32.8 Å². The van der Waals surface area contributed by atoms with Gasteiger partial charge in [0.1, 0.15) is 11.4 Å². The van der Waals surface area contributed by atoms with Gasteiger partial charge in [-0.1, -0.05) is 11.8 Å². The van der Waals surface area contributed by atoms with Crippen molar-refractivity contribution in [2.75, 3.05) is 18.1 Å². The number of fused-ring (bicyclic) bond motifs is 1. The van der Waals surface area contributed by atoms with Crippen molar-refractivity contribution in [3.63, 3.8) is 0 Å². The number of benzene rings is 1. The van der Waals surface area contributed by atoms with Gasteiger partial charge < -0.3 is 15.2 Å². The van der Waals surface area contributed by atoms with Crippen LogP contribution in [0.25, 0.3) is 0 Å². The summed E-state index contributed by atoms with van der Waals surface area (Å²) in [6, 6.07) is 4.37. The molecule has 1 fully saturated rings. The molecule has 0 aliphatic carbocycles. The number of nitrogens with zero attached hydrogens (tertiary/aromatic N) is 1. The first kappa shape index (κ1) is 18.0. The molecule has 2 atom stereocenters. The van der Waals surface area contributed by atoms with Gasteiger partial charge in [-0.05, 0) is 45.4 Å². The predicted molar refractivity (Wildman–Crippen MR) is 95.8 cm³/mol. The average Bonchev–Trinajstić information content (AvgIpc) is 2.91. The summed E-state index contributed by atoms with van der Waals surface area (Å²) >= 11 is 1.40. The standard InChI is InChI=1S/C17H22FN3O3S/c1-16(2,3)24-15(22)20-14-21-17(10(9-25-14)6-7-23-17)12-8-11(19)4-5-13(12)18/h4-5,8,10H,6-7,9,19H2,1-3H3,(H,20,21,22)/t10?,17-/m1/s1. The van der Waals surface area contributed by atoms with Crippen LogP contribution in [0.2, 0.25) is 0 Å². The van der Waals surface area contributed by atoms with Crippen molar-refractivity contribution in [1.82, 2.24) is 5.32 Å². The Bertz CT molecular complexity index is 720. The van der Waals surface area contributed by atoms with Crippen LogP contribution >= 0.6 is 11.8 Å². The van der Waals surface area contributed by atoms with Crippen molar-refractivity contribution in [3.05, 3.63) is 29.6 Å². The van der Waals surface area contributed by atoms with Crippen molar-refractivity contribution in [2.24, 2.45) is 10.9 Å². The number of anilines is 1. The van der Waals surface area contributed by atoms with Gasteiger partial charge in [0.25, 0.3) is 0 Å². The first-order chi connectivity index (χ1) is 11.7. The summed E-state index contributed by atoms with van der Waals surface area (Å²) in [5.41, 5.74) is 4.80. The monoisotopic (exact) mass is 367 g/mol. The minimum atomic E-state index is -1.16. The highest BCUT2D eigenvalue weighted by Crippen LogP contribution is 2.48. The summed E-state index contributed by atoms with van der Waals surface area (Å²) < 4.78 is 25.6. The quantitative estimate of drug-likeness (QED) is 0.745. The van der Waals surface area contributed by atoms with E-state index in [9.17, 15) is 9.18 Å². The van der Waals surface area contributed by atoms with E-state index in [1.165, 1.54) is 23.9 Å². The molecule has 8 heteroatoms. The van der Waals surface area contributed by atoms with Crippen LogP contribution in [0, 0.1) is 11.7 Å². The summed E-state index contributed by atoms with van der Waals surface area (Å²) in [4.78, 5) is 16.6. The van der Waals surface area contributed by atoms with Crippen LogP contribution < -0.4 is 11.1 Å². The molecule has 1 aromatic carbocycles. The van der Waals surface area contributed by atoms with Crippen LogP contribution in [0.4, 0.5) is 14.9 Å². The highest BCUT2D eigenvalue weighted by molar-refractivity contribution is 8.13. The summed E-state index contributed by atoms with van der Waals surface area (Å²) in [7, 11) is 0. The number of nitrogens with two attached hydrogens (primary N) is 1. The van der Waals surface area contributed by atoms with E-state index in [4.69, 9.17) is 15.2 Å². The Kier molecular flexibility index (Phi) is 4.68. The Labute approximate surface area is 150 Å². The van der Waals surface area contributed by atoms with Crippen LogP contribution in [0.15, 0.2) is 23.2 Å². The maximum absolute atomic E-state index is 14.5. The van der Waals surface area contributed by atoms with E-state index in [0.29, 0.717) is 28.8 Å². The third-order valence-corrected chi connectivity index (χ3v) is 5.05. The molecular weight excluding hydrogens is 345 g/mol. The first-order valence-electron chi connectivity index (χ1n) is 8.12. The van der Waals surface area contributed by atoms with Gasteiger partial charge in [-0.3, -0.25) is 5.32 Å². The largest absolute Gasteiger partial charge is 0.444 e.